The zero-order chi connectivity index (χ0) is 12.8. The van der Waals surface area contributed by atoms with Crippen LogP contribution in [0.1, 0.15) is 37.0 Å². The number of nitrogens with zero attached hydrogens (tertiary/aromatic N) is 2. The Hall–Kier alpha value is -1.34. The summed E-state index contributed by atoms with van der Waals surface area (Å²) in [6.45, 7) is 0.231. The molecular formula is C14H18N2OS. The molecule has 0 aliphatic heterocycles. The van der Waals surface area contributed by atoms with Gasteiger partial charge in [-0.05, 0) is 24.3 Å². The average molecular weight is 262 g/mol. The molecule has 0 atom stereocenters. The van der Waals surface area contributed by atoms with Crippen molar-refractivity contribution in [3.8, 4) is 6.07 Å². The van der Waals surface area contributed by atoms with Crippen LogP contribution in [0.5, 0.6) is 0 Å². The van der Waals surface area contributed by atoms with E-state index in [-0.39, 0.29) is 18.5 Å². The number of carbonyl (C=O) groups is 1. The lowest BCUT2D eigenvalue weighted by molar-refractivity contribution is -0.132. The smallest absolute Gasteiger partial charge is 0.228 e. The Kier molecular flexibility index (Phi) is 4.77. The standard InChI is InChI=1S/C14H18N2OS/c15-8-9-16(12-5-2-1-3-6-12)14(17)11-13-7-4-10-18-13/h4,7,10,12H,1-3,5-6,9,11H2. The van der Waals surface area contributed by atoms with Crippen molar-refractivity contribution in [3.63, 3.8) is 0 Å². The van der Waals surface area contributed by atoms with Gasteiger partial charge in [-0.3, -0.25) is 4.79 Å². The highest BCUT2D eigenvalue weighted by Gasteiger charge is 2.25. The van der Waals surface area contributed by atoms with E-state index in [9.17, 15) is 4.79 Å². The third kappa shape index (κ3) is 3.33. The first-order valence-electron chi connectivity index (χ1n) is 6.50. The molecule has 0 saturated heterocycles. The number of carbonyl (C=O) groups excluding carboxylic acids is 1. The molecule has 1 aliphatic carbocycles. The van der Waals surface area contributed by atoms with E-state index >= 15 is 0 Å². The summed E-state index contributed by atoms with van der Waals surface area (Å²) in [5, 5.41) is 10.9. The zero-order valence-electron chi connectivity index (χ0n) is 10.5. The van der Waals surface area contributed by atoms with Gasteiger partial charge in [0, 0.05) is 10.9 Å². The number of rotatable bonds is 4. The van der Waals surface area contributed by atoms with Crippen LogP contribution in [-0.2, 0) is 11.2 Å². The maximum absolute atomic E-state index is 12.3. The van der Waals surface area contributed by atoms with Crippen molar-refractivity contribution in [1.29, 1.82) is 5.26 Å². The van der Waals surface area contributed by atoms with Gasteiger partial charge < -0.3 is 4.90 Å². The van der Waals surface area contributed by atoms with E-state index in [4.69, 9.17) is 5.26 Å². The summed E-state index contributed by atoms with van der Waals surface area (Å²) in [5.41, 5.74) is 0. The first-order chi connectivity index (χ1) is 8.81. The maximum atomic E-state index is 12.3. The van der Waals surface area contributed by atoms with Crippen LogP contribution < -0.4 is 0 Å². The molecule has 0 spiro atoms. The molecule has 1 amide bonds. The summed E-state index contributed by atoms with van der Waals surface area (Å²) in [7, 11) is 0. The number of hydrogen-bond acceptors (Lipinski definition) is 3. The van der Waals surface area contributed by atoms with Crippen LogP contribution in [0.15, 0.2) is 17.5 Å². The summed E-state index contributed by atoms with van der Waals surface area (Å²) < 4.78 is 0. The highest BCUT2D eigenvalue weighted by molar-refractivity contribution is 7.10. The van der Waals surface area contributed by atoms with Gasteiger partial charge in [-0.1, -0.05) is 25.3 Å². The van der Waals surface area contributed by atoms with Crippen molar-refractivity contribution in [2.45, 2.75) is 44.6 Å². The van der Waals surface area contributed by atoms with Gasteiger partial charge in [-0.15, -0.1) is 11.3 Å². The Balaban J connectivity index is 1.99. The number of thiophene rings is 1. The summed E-state index contributed by atoms with van der Waals surface area (Å²) in [5.74, 6) is 0.103. The van der Waals surface area contributed by atoms with Crippen molar-refractivity contribution in [2.24, 2.45) is 0 Å². The third-order valence-electron chi connectivity index (χ3n) is 3.48. The highest BCUT2D eigenvalue weighted by atomic mass is 32.1. The fourth-order valence-corrected chi connectivity index (χ4v) is 3.25. The van der Waals surface area contributed by atoms with Gasteiger partial charge in [0.2, 0.25) is 5.91 Å². The van der Waals surface area contributed by atoms with E-state index in [1.165, 1.54) is 19.3 Å². The third-order valence-corrected chi connectivity index (χ3v) is 4.36. The minimum absolute atomic E-state index is 0.103. The number of hydrogen-bond donors (Lipinski definition) is 0. The zero-order valence-corrected chi connectivity index (χ0v) is 11.3. The Bertz CT molecular complexity index is 416. The quantitative estimate of drug-likeness (QED) is 0.783. The molecule has 1 heterocycles. The first kappa shape index (κ1) is 13.1. The van der Waals surface area contributed by atoms with Crippen LogP contribution in [0.25, 0.3) is 0 Å². The Labute approximate surface area is 112 Å². The molecule has 1 aromatic rings. The van der Waals surface area contributed by atoms with Crippen LogP contribution in [0.4, 0.5) is 0 Å². The molecule has 1 aromatic heterocycles. The summed E-state index contributed by atoms with van der Waals surface area (Å²) in [6, 6.07) is 6.36. The van der Waals surface area contributed by atoms with Crippen molar-refractivity contribution >= 4 is 17.2 Å². The molecule has 2 rings (SSSR count). The molecule has 0 unspecified atom stereocenters. The van der Waals surface area contributed by atoms with Gasteiger partial charge >= 0.3 is 0 Å². The Morgan fingerprint density at radius 3 is 2.83 bits per heavy atom. The first-order valence-corrected chi connectivity index (χ1v) is 7.38. The van der Waals surface area contributed by atoms with Gasteiger partial charge in [0.25, 0.3) is 0 Å². The van der Waals surface area contributed by atoms with Crippen molar-refractivity contribution < 1.29 is 4.79 Å². The minimum atomic E-state index is 0.103. The predicted octanol–water partition coefficient (Wildman–Crippen LogP) is 2.98. The number of amides is 1. The molecule has 0 N–H and O–H groups in total. The lowest BCUT2D eigenvalue weighted by Gasteiger charge is -2.32. The summed E-state index contributed by atoms with van der Waals surface area (Å²) in [6.07, 6.45) is 6.17. The van der Waals surface area contributed by atoms with Gasteiger partial charge in [0.05, 0.1) is 12.5 Å². The topological polar surface area (TPSA) is 44.1 Å². The van der Waals surface area contributed by atoms with Crippen LogP contribution in [0, 0.1) is 11.3 Å². The molecule has 3 nitrogen and oxygen atoms in total. The van der Waals surface area contributed by atoms with Crippen molar-refractivity contribution in [3.05, 3.63) is 22.4 Å². The molecule has 18 heavy (non-hydrogen) atoms. The van der Waals surface area contributed by atoms with E-state index in [2.05, 4.69) is 6.07 Å². The molecule has 4 heteroatoms. The SMILES string of the molecule is N#CCN(C(=O)Cc1cccs1)C1CCCCC1. The van der Waals surface area contributed by atoms with E-state index in [0.717, 1.165) is 17.7 Å². The van der Waals surface area contributed by atoms with E-state index in [1.54, 1.807) is 16.2 Å². The van der Waals surface area contributed by atoms with Crippen LogP contribution in [0.3, 0.4) is 0 Å². The summed E-state index contributed by atoms with van der Waals surface area (Å²) in [4.78, 5) is 15.2. The van der Waals surface area contributed by atoms with E-state index in [1.807, 2.05) is 17.5 Å². The second kappa shape index (κ2) is 6.55. The average Bonchev–Trinajstić information content (AvgIpc) is 2.89. The highest BCUT2D eigenvalue weighted by Crippen LogP contribution is 2.23. The van der Waals surface area contributed by atoms with Crippen LogP contribution in [-0.4, -0.2) is 23.4 Å². The lowest BCUT2D eigenvalue weighted by atomic mass is 9.94. The molecule has 96 valence electrons. The van der Waals surface area contributed by atoms with E-state index in [0.29, 0.717) is 6.42 Å². The monoisotopic (exact) mass is 262 g/mol. The van der Waals surface area contributed by atoms with Gasteiger partial charge in [0.15, 0.2) is 0 Å². The molecule has 0 bridgehead atoms. The molecule has 0 radical (unpaired) electrons. The molecule has 1 fully saturated rings. The Morgan fingerprint density at radius 1 is 1.44 bits per heavy atom. The molecular weight excluding hydrogens is 244 g/mol. The van der Waals surface area contributed by atoms with Gasteiger partial charge in [0.1, 0.15) is 6.54 Å². The second-order valence-electron chi connectivity index (χ2n) is 4.73. The van der Waals surface area contributed by atoms with Gasteiger partial charge in [-0.2, -0.15) is 5.26 Å². The predicted molar refractivity (Wildman–Crippen MR) is 72.2 cm³/mol. The minimum Gasteiger partial charge on any atom is -0.326 e. The summed E-state index contributed by atoms with van der Waals surface area (Å²) >= 11 is 1.60. The normalized spacial score (nSPS) is 16.2. The molecule has 0 aromatic carbocycles. The van der Waals surface area contributed by atoms with Crippen molar-refractivity contribution in [2.75, 3.05) is 6.54 Å². The second-order valence-corrected chi connectivity index (χ2v) is 5.76. The van der Waals surface area contributed by atoms with Gasteiger partial charge in [-0.25, -0.2) is 0 Å². The molecule has 1 aliphatic rings. The van der Waals surface area contributed by atoms with E-state index < -0.39 is 0 Å². The Morgan fingerprint density at radius 2 is 2.22 bits per heavy atom. The number of nitriles is 1. The van der Waals surface area contributed by atoms with Crippen LogP contribution >= 0.6 is 11.3 Å². The fourth-order valence-electron chi connectivity index (χ4n) is 2.55. The van der Waals surface area contributed by atoms with Crippen molar-refractivity contribution in [1.82, 2.24) is 4.90 Å². The van der Waals surface area contributed by atoms with Crippen LogP contribution in [0.2, 0.25) is 0 Å². The fraction of sp³-hybridized carbons (Fsp3) is 0.571. The lowest BCUT2D eigenvalue weighted by Crippen LogP contribution is -2.42. The molecule has 1 saturated carbocycles. The maximum Gasteiger partial charge on any atom is 0.228 e. The largest absolute Gasteiger partial charge is 0.326 e.